The summed E-state index contributed by atoms with van der Waals surface area (Å²) in [6.45, 7) is 0. The zero-order chi connectivity index (χ0) is 14.2. The third-order valence-electron chi connectivity index (χ3n) is 3.44. The van der Waals surface area contributed by atoms with Crippen molar-refractivity contribution in [3.8, 4) is 0 Å². The van der Waals surface area contributed by atoms with Crippen LogP contribution in [-0.2, 0) is 22.9 Å². The molecule has 5 nitrogen and oxygen atoms in total. The van der Waals surface area contributed by atoms with Gasteiger partial charge < -0.3 is 4.98 Å². The lowest BCUT2D eigenvalue weighted by molar-refractivity contribution is 0.555. The summed E-state index contributed by atoms with van der Waals surface area (Å²) in [5.41, 5.74) is 2.04. The van der Waals surface area contributed by atoms with E-state index in [1.807, 2.05) is 24.3 Å². The molecule has 3 rings (SSSR count). The van der Waals surface area contributed by atoms with E-state index in [-0.39, 0.29) is 16.5 Å². The van der Waals surface area contributed by atoms with Gasteiger partial charge in [0.15, 0.2) is 0 Å². The molecular formula is C14H14N2O3S. The number of hydrogen-bond donors (Lipinski definition) is 2. The maximum atomic E-state index is 12.2. The minimum Gasteiger partial charge on any atom is -0.328 e. The van der Waals surface area contributed by atoms with Crippen molar-refractivity contribution in [3.05, 3.63) is 64.1 Å². The number of fused-ring (bicyclic) bond motifs is 1. The Hall–Kier alpha value is -1.92. The monoisotopic (exact) mass is 290 g/mol. The highest BCUT2D eigenvalue weighted by molar-refractivity contribution is 7.89. The van der Waals surface area contributed by atoms with Gasteiger partial charge in [0.2, 0.25) is 15.6 Å². The standard InChI is InChI=1S/C14H14N2O3S/c17-14-6-5-13(9-15-14)20(18,19)16-12-7-10-3-1-2-4-11(10)8-12/h1-6,9,12,16H,7-8H2,(H,15,17). The van der Waals surface area contributed by atoms with Crippen molar-refractivity contribution in [1.82, 2.24) is 9.71 Å². The van der Waals surface area contributed by atoms with Crippen LogP contribution >= 0.6 is 0 Å². The first-order chi connectivity index (χ1) is 9.54. The number of benzene rings is 1. The molecule has 0 saturated heterocycles. The van der Waals surface area contributed by atoms with E-state index in [4.69, 9.17) is 0 Å². The maximum absolute atomic E-state index is 12.2. The first-order valence-electron chi connectivity index (χ1n) is 6.32. The zero-order valence-electron chi connectivity index (χ0n) is 10.7. The number of H-pyrrole nitrogens is 1. The molecule has 6 heteroatoms. The summed E-state index contributed by atoms with van der Waals surface area (Å²) < 4.78 is 27.1. The fourth-order valence-electron chi connectivity index (χ4n) is 2.49. The fourth-order valence-corrected chi connectivity index (χ4v) is 3.70. The van der Waals surface area contributed by atoms with Crippen LogP contribution in [0.4, 0.5) is 0 Å². The molecule has 0 radical (unpaired) electrons. The van der Waals surface area contributed by atoms with Gasteiger partial charge in [-0.2, -0.15) is 0 Å². The van der Waals surface area contributed by atoms with Crippen LogP contribution in [0, 0.1) is 0 Å². The van der Waals surface area contributed by atoms with Crippen LogP contribution in [0.15, 0.2) is 52.3 Å². The Labute approximate surface area is 116 Å². The molecular weight excluding hydrogens is 276 g/mol. The van der Waals surface area contributed by atoms with E-state index in [0.29, 0.717) is 12.8 Å². The lowest BCUT2D eigenvalue weighted by atomic mass is 10.1. The highest BCUT2D eigenvalue weighted by atomic mass is 32.2. The van der Waals surface area contributed by atoms with Gasteiger partial charge in [0.25, 0.3) is 0 Å². The lowest BCUT2D eigenvalue weighted by Crippen LogP contribution is -2.35. The Kier molecular flexibility index (Phi) is 3.19. The third kappa shape index (κ3) is 2.52. The summed E-state index contributed by atoms with van der Waals surface area (Å²) in [6, 6.07) is 10.3. The number of hydrogen-bond acceptors (Lipinski definition) is 3. The first-order valence-corrected chi connectivity index (χ1v) is 7.81. The van der Waals surface area contributed by atoms with E-state index in [1.54, 1.807) is 0 Å². The molecule has 0 fully saturated rings. The second-order valence-corrected chi connectivity index (χ2v) is 6.60. The van der Waals surface area contributed by atoms with Gasteiger partial charge in [0, 0.05) is 18.3 Å². The van der Waals surface area contributed by atoms with Crippen molar-refractivity contribution >= 4 is 10.0 Å². The molecule has 2 N–H and O–H groups in total. The topological polar surface area (TPSA) is 79.0 Å². The second kappa shape index (κ2) is 4.88. The average molecular weight is 290 g/mol. The van der Waals surface area contributed by atoms with Crippen LogP contribution in [0.25, 0.3) is 0 Å². The molecule has 0 aliphatic heterocycles. The average Bonchev–Trinajstić information content (AvgIpc) is 2.80. The zero-order valence-corrected chi connectivity index (χ0v) is 11.5. The Morgan fingerprint density at radius 3 is 2.25 bits per heavy atom. The number of pyridine rings is 1. The summed E-state index contributed by atoms with van der Waals surface area (Å²) in [5.74, 6) is 0. The molecule has 0 amide bonds. The number of rotatable bonds is 3. The van der Waals surface area contributed by atoms with E-state index in [9.17, 15) is 13.2 Å². The van der Waals surface area contributed by atoms with E-state index in [2.05, 4.69) is 9.71 Å². The van der Waals surface area contributed by atoms with Crippen molar-refractivity contribution in [3.63, 3.8) is 0 Å². The van der Waals surface area contributed by atoms with Crippen LogP contribution in [0.3, 0.4) is 0 Å². The largest absolute Gasteiger partial charge is 0.328 e. The predicted molar refractivity (Wildman–Crippen MR) is 75.0 cm³/mol. The highest BCUT2D eigenvalue weighted by Gasteiger charge is 2.26. The van der Waals surface area contributed by atoms with Crippen LogP contribution in [-0.4, -0.2) is 19.4 Å². The molecule has 0 unspecified atom stereocenters. The summed E-state index contributed by atoms with van der Waals surface area (Å²) in [7, 11) is -3.60. The van der Waals surface area contributed by atoms with E-state index in [0.717, 1.165) is 0 Å². The fraction of sp³-hybridized carbons (Fsp3) is 0.214. The molecule has 1 aliphatic rings. The van der Waals surface area contributed by atoms with Crippen molar-refractivity contribution in [2.75, 3.05) is 0 Å². The third-order valence-corrected chi connectivity index (χ3v) is 4.96. The SMILES string of the molecule is O=c1ccc(S(=O)(=O)NC2Cc3ccccc3C2)c[nH]1. The summed E-state index contributed by atoms with van der Waals surface area (Å²) in [6.07, 6.45) is 2.60. The number of aromatic nitrogens is 1. The van der Waals surface area contributed by atoms with E-state index < -0.39 is 10.0 Å². The van der Waals surface area contributed by atoms with Gasteiger partial charge in [-0.3, -0.25) is 4.79 Å². The first kappa shape index (κ1) is 13.1. The van der Waals surface area contributed by atoms with Gasteiger partial charge in [0.1, 0.15) is 0 Å². The summed E-state index contributed by atoms with van der Waals surface area (Å²) >= 11 is 0. The van der Waals surface area contributed by atoms with Gasteiger partial charge >= 0.3 is 0 Å². The molecule has 1 heterocycles. The molecule has 0 spiro atoms. The molecule has 20 heavy (non-hydrogen) atoms. The molecule has 2 aromatic rings. The molecule has 1 aliphatic carbocycles. The molecule has 1 aromatic heterocycles. The molecule has 104 valence electrons. The van der Waals surface area contributed by atoms with Crippen LogP contribution in [0.1, 0.15) is 11.1 Å². The van der Waals surface area contributed by atoms with Gasteiger partial charge in [-0.05, 0) is 30.0 Å². The number of nitrogens with one attached hydrogen (secondary N) is 2. The van der Waals surface area contributed by atoms with Crippen molar-refractivity contribution in [1.29, 1.82) is 0 Å². The predicted octanol–water partition coefficient (Wildman–Crippen LogP) is 0.821. The van der Waals surface area contributed by atoms with Gasteiger partial charge in [-0.1, -0.05) is 24.3 Å². The normalized spacial score (nSPS) is 15.2. The van der Waals surface area contributed by atoms with Gasteiger partial charge in [-0.25, -0.2) is 13.1 Å². The molecule has 1 aromatic carbocycles. The molecule has 0 bridgehead atoms. The Morgan fingerprint density at radius 2 is 1.70 bits per heavy atom. The van der Waals surface area contributed by atoms with E-state index in [1.165, 1.54) is 29.5 Å². The Balaban J connectivity index is 1.79. The van der Waals surface area contributed by atoms with Gasteiger partial charge in [0.05, 0.1) is 4.90 Å². The molecule has 0 atom stereocenters. The Morgan fingerprint density at radius 1 is 1.05 bits per heavy atom. The summed E-state index contributed by atoms with van der Waals surface area (Å²) in [5, 5.41) is 0. The second-order valence-electron chi connectivity index (χ2n) is 4.88. The quantitative estimate of drug-likeness (QED) is 0.878. The summed E-state index contributed by atoms with van der Waals surface area (Å²) in [4.78, 5) is 13.4. The number of aromatic amines is 1. The minimum absolute atomic E-state index is 0.0769. The van der Waals surface area contributed by atoms with Crippen LogP contribution in [0.2, 0.25) is 0 Å². The number of sulfonamides is 1. The van der Waals surface area contributed by atoms with Crippen molar-refractivity contribution in [2.45, 2.75) is 23.8 Å². The van der Waals surface area contributed by atoms with E-state index >= 15 is 0 Å². The molecule has 0 saturated carbocycles. The lowest BCUT2D eigenvalue weighted by Gasteiger charge is -2.12. The van der Waals surface area contributed by atoms with Crippen molar-refractivity contribution in [2.24, 2.45) is 0 Å². The van der Waals surface area contributed by atoms with Gasteiger partial charge in [-0.15, -0.1) is 0 Å². The van der Waals surface area contributed by atoms with Crippen molar-refractivity contribution < 1.29 is 8.42 Å². The smallest absolute Gasteiger partial charge is 0.247 e. The highest BCUT2D eigenvalue weighted by Crippen LogP contribution is 2.22. The van der Waals surface area contributed by atoms with Crippen LogP contribution < -0.4 is 10.3 Å². The minimum atomic E-state index is -3.60. The Bertz CT molecular complexity index is 751. The maximum Gasteiger partial charge on any atom is 0.247 e. The van der Waals surface area contributed by atoms with Crippen LogP contribution in [0.5, 0.6) is 0 Å².